The van der Waals surface area contributed by atoms with Gasteiger partial charge in [-0.1, -0.05) is 67.1 Å². The summed E-state index contributed by atoms with van der Waals surface area (Å²) in [6, 6.07) is 20.5. The van der Waals surface area contributed by atoms with Gasteiger partial charge in [0.25, 0.3) is 0 Å². The summed E-state index contributed by atoms with van der Waals surface area (Å²) in [5.74, 6) is 0.171. The van der Waals surface area contributed by atoms with Crippen LogP contribution < -0.4 is 4.90 Å². The number of hydrogen-bond acceptors (Lipinski definition) is 1. The van der Waals surface area contributed by atoms with Gasteiger partial charge in [-0.05, 0) is 40.5 Å². The van der Waals surface area contributed by atoms with Crippen molar-refractivity contribution < 1.29 is 4.79 Å². The molecule has 3 aromatic rings. The van der Waals surface area contributed by atoms with Crippen LogP contribution in [-0.4, -0.2) is 12.5 Å². The lowest BCUT2D eigenvalue weighted by atomic mass is 9.81. The van der Waals surface area contributed by atoms with Crippen LogP contribution in [0.1, 0.15) is 36.8 Å². The zero-order valence-corrected chi connectivity index (χ0v) is 15.0. The number of nitrogens with zero attached hydrogens (tertiary/aromatic N) is 1. The maximum atomic E-state index is 12.9. The molecule has 0 saturated heterocycles. The number of fused-ring (bicyclic) bond motifs is 3. The fraction of sp³-hybridized carbons (Fsp3) is 0.227. The van der Waals surface area contributed by atoms with E-state index in [-0.39, 0.29) is 11.8 Å². The molecule has 1 amide bonds. The Balaban J connectivity index is 2.00. The van der Waals surface area contributed by atoms with Crippen molar-refractivity contribution in [2.45, 2.75) is 25.7 Å². The Bertz CT molecular complexity index is 950. The number of amides is 1. The molecule has 3 heteroatoms. The molecule has 1 atom stereocenters. The highest BCUT2D eigenvalue weighted by Gasteiger charge is 2.33. The minimum atomic E-state index is -0.00425. The Morgan fingerprint density at radius 3 is 2.60 bits per heavy atom. The van der Waals surface area contributed by atoms with Crippen LogP contribution in [0.5, 0.6) is 0 Å². The fourth-order valence-corrected chi connectivity index (χ4v) is 4.17. The van der Waals surface area contributed by atoms with Crippen molar-refractivity contribution in [2.75, 3.05) is 11.4 Å². The molecule has 4 rings (SSSR count). The SMILES string of the molecule is CCCN1C(=O)CC(c2ccccc2Cl)c2c1ccc1ccccc21. The number of carbonyl (C=O) groups excluding carboxylic acids is 1. The van der Waals surface area contributed by atoms with Crippen LogP contribution in [0, 0.1) is 0 Å². The normalized spacial score (nSPS) is 17.0. The molecule has 2 nitrogen and oxygen atoms in total. The van der Waals surface area contributed by atoms with Gasteiger partial charge in [-0.15, -0.1) is 0 Å². The fourth-order valence-electron chi connectivity index (χ4n) is 3.90. The summed E-state index contributed by atoms with van der Waals surface area (Å²) in [4.78, 5) is 14.8. The van der Waals surface area contributed by atoms with Gasteiger partial charge in [-0.3, -0.25) is 4.79 Å². The van der Waals surface area contributed by atoms with E-state index in [0.29, 0.717) is 6.42 Å². The lowest BCUT2D eigenvalue weighted by molar-refractivity contribution is -0.119. The first kappa shape index (κ1) is 16.2. The molecule has 0 aliphatic carbocycles. The van der Waals surface area contributed by atoms with E-state index in [9.17, 15) is 4.79 Å². The maximum absolute atomic E-state index is 12.9. The van der Waals surface area contributed by atoms with Crippen LogP contribution in [0.25, 0.3) is 10.8 Å². The van der Waals surface area contributed by atoms with E-state index in [0.717, 1.165) is 29.2 Å². The van der Waals surface area contributed by atoms with E-state index >= 15 is 0 Å². The summed E-state index contributed by atoms with van der Waals surface area (Å²) in [6.07, 6.45) is 1.40. The molecule has 1 aliphatic rings. The second kappa shape index (κ2) is 6.53. The number of carbonyl (C=O) groups is 1. The molecule has 0 saturated carbocycles. The van der Waals surface area contributed by atoms with Crippen molar-refractivity contribution in [1.29, 1.82) is 0 Å². The molecule has 0 fully saturated rings. The number of rotatable bonds is 3. The van der Waals surface area contributed by atoms with Crippen molar-refractivity contribution in [1.82, 2.24) is 0 Å². The summed E-state index contributed by atoms with van der Waals surface area (Å²) in [7, 11) is 0. The lowest BCUT2D eigenvalue weighted by Gasteiger charge is -2.35. The van der Waals surface area contributed by atoms with Crippen LogP contribution in [0.4, 0.5) is 5.69 Å². The first-order valence-electron chi connectivity index (χ1n) is 8.77. The van der Waals surface area contributed by atoms with Crippen molar-refractivity contribution in [3.05, 3.63) is 76.8 Å². The zero-order chi connectivity index (χ0) is 17.4. The zero-order valence-electron chi connectivity index (χ0n) is 14.2. The van der Waals surface area contributed by atoms with Crippen molar-refractivity contribution in [3.63, 3.8) is 0 Å². The smallest absolute Gasteiger partial charge is 0.227 e. The van der Waals surface area contributed by atoms with Crippen molar-refractivity contribution in [3.8, 4) is 0 Å². The molecule has 0 N–H and O–H groups in total. The molecule has 126 valence electrons. The molecule has 1 aliphatic heterocycles. The van der Waals surface area contributed by atoms with Gasteiger partial charge in [0.1, 0.15) is 0 Å². The highest BCUT2D eigenvalue weighted by molar-refractivity contribution is 6.31. The van der Waals surface area contributed by atoms with Gasteiger partial charge >= 0.3 is 0 Å². The van der Waals surface area contributed by atoms with Crippen LogP contribution in [0.3, 0.4) is 0 Å². The second-order valence-electron chi connectivity index (χ2n) is 6.54. The van der Waals surface area contributed by atoms with Crippen molar-refractivity contribution >= 4 is 34.0 Å². The molecule has 0 bridgehead atoms. The Labute approximate surface area is 153 Å². The third-order valence-corrected chi connectivity index (χ3v) is 5.34. The Morgan fingerprint density at radius 2 is 1.80 bits per heavy atom. The number of anilines is 1. The number of benzene rings is 3. The lowest BCUT2D eigenvalue weighted by Crippen LogP contribution is -2.37. The van der Waals surface area contributed by atoms with E-state index in [1.165, 1.54) is 16.3 Å². The van der Waals surface area contributed by atoms with Gasteiger partial charge in [0.15, 0.2) is 0 Å². The first-order chi connectivity index (χ1) is 12.2. The standard InChI is InChI=1S/C22H20ClNO/c1-2-13-24-20-12-11-15-7-3-4-8-16(15)22(20)18(14-21(24)25)17-9-5-6-10-19(17)23/h3-12,18H,2,13-14H2,1H3. The third-order valence-electron chi connectivity index (χ3n) is 4.99. The van der Waals surface area contributed by atoms with Crippen LogP contribution in [0.15, 0.2) is 60.7 Å². The van der Waals surface area contributed by atoms with Gasteiger partial charge in [0.05, 0.1) is 0 Å². The molecule has 0 aromatic heterocycles. The molecule has 1 heterocycles. The van der Waals surface area contributed by atoms with E-state index in [2.05, 4.69) is 43.3 Å². The third kappa shape index (κ3) is 2.71. The van der Waals surface area contributed by atoms with Crippen molar-refractivity contribution in [2.24, 2.45) is 0 Å². The quantitative estimate of drug-likeness (QED) is 0.587. The topological polar surface area (TPSA) is 20.3 Å². The first-order valence-corrected chi connectivity index (χ1v) is 9.15. The molecule has 25 heavy (non-hydrogen) atoms. The minimum Gasteiger partial charge on any atom is -0.312 e. The highest BCUT2D eigenvalue weighted by Crippen LogP contribution is 2.45. The summed E-state index contributed by atoms with van der Waals surface area (Å²) < 4.78 is 0. The van der Waals surface area contributed by atoms with E-state index in [4.69, 9.17) is 11.6 Å². The van der Waals surface area contributed by atoms with Gasteiger partial charge in [-0.2, -0.15) is 0 Å². The molecule has 3 aromatic carbocycles. The number of hydrogen-bond donors (Lipinski definition) is 0. The van der Waals surface area contributed by atoms with Gasteiger partial charge in [0, 0.05) is 29.6 Å². The van der Waals surface area contributed by atoms with E-state index in [1.807, 2.05) is 29.2 Å². The highest BCUT2D eigenvalue weighted by atomic mass is 35.5. The predicted octanol–water partition coefficient (Wildman–Crippen LogP) is 5.77. The van der Waals surface area contributed by atoms with E-state index < -0.39 is 0 Å². The summed E-state index contributed by atoms with van der Waals surface area (Å²) in [5.41, 5.74) is 3.28. The molecule has 1 unspecified atom stereocenters. The number of halogens is 1. The van der Waals surface area contributed by atoms with Gasteiger partial charge < -0.3 is 4.90 Å². The summed E-state index contributed by atoms with van der Waals surface area (Å²) in [5, 5.41) is 3.13. The van der Waals surface area contributed by atoms with Gasteiger partial charge in [-0.25, -0.2) is 0 Å². The molecular formula is C22H20ClNO. The Morgan fingerprint density at radius 1 is 1.04 bits per heavy atom. The monoisotopic (exact) mass is 349 g/mol. The predicted molar refractivity (Wildman–Crippen MR) is 105 cm³/mol. The largest absolute Gasteiger partial charge is 0.312 e. The maximum Gasteiger partial charge on any atom is 0.227 e. The molecular weight excluding hydrogens is 330 g/mol. The molecule has 0 radical (unpaired) electrons. The van der Waals surface area contributed by atoms with Crippen LogP contribution in [-0.2, 0) is 4.79 Å². The summed E-state index contributed by atoms with van der Waals surface area (Å²) in [6.45, 7) is 2.85. The second-order valence-corrected chi connectivity index (χ2v) is 6.95. The van der Waals surface area contributed by atoms with Gasteiger partial charge in [0.2, 0.25) is 5.91 Å². The minimum absolute atomic E-state index is 0.00425. The molecule has 0 spiro atoms. The average molecular weight is 350 g/mol. The Hall–Kier alpha value is -2.32. The average Bonchev–Trinajstić information content (AvgIpc) is 2.64. The van der Waals surface area contributed by atoms with Crippen LogP contribution >= 0.6 is 11.6 Å². The Kier molecular flexibility index (Phi) is 4.22. The summed E-state index contributed by atoms with van der Waals surface area (Å²) >= 11 is 6.50. The van der Waals surface area contributed by atoms with Crippen LogP contribution in [0.2, 0.25) is 5.02 Å². The van der Waals surface area contributed by atoms with E-state index in [1.54, 1.807) is 0 Å².